The monoisotopic (exact) mass is 434 g/mol. The SMILES string of the molecule is FC(F)C(F)(I)OC(F)(I)C(F)F. The Balaban J connectivity index is 4.42. The Bertz CT molecular complexity index is 154. The maximum Gasteiger partial charge on any atom is 0.324 e. The molecule has 1 nitrogen and oxygen atoms in total. The molecule has 0 amide bonds. The molecule has 2 atom stereocenters. The van der Waals surface area contributed by atoms with Gasteiger partial charge in [-0.1, -0.05) is 0 Å². The van der Waals surface area contributed by atoms with E-state index < -0.39 is 20.6 Å². The van der Waals surface area contributed by atoms with Gasteiger partial charge in [0.15, 0.2) is 0 Å². The third-order valence-corrected chi connectivity index (χ3v) is 2.16. The molecule has 0 saturated heterocycles. The molecule has 0 rings (SSSR count). The number of alkyl halides is 8. The molecule has 0 spiro atoms. The van der Waals surface area contributed by atoms with Crippen molar-refractivity contribution >= 4 is 45.2 Å². The first-order chi connectivity index (χ1) is 5.59. The molecule has 0 bridgehead atoms. The Hall–Kier alpha value is 1.00. The quantitative estimate of drug-likeness (QED) is 0.373. The first kappa shape index (κ1) is 14.0. The highest BCUT2D eigenvalue weighted by molar-refractivity contribution is 14.1. The summed E-state index contributed by atoms with van der Waals surface area (Å²) in [5.74, 6) is 0. The van der Waals surface area contributed by atoms with Gasteiger partial charge in [0, 0.05) is 0 Å². The fourth-order valence-electron chi connectivity index (χ4n) is 0.271. The number of rotatable bonds is 4. The number of hydrogen-bond acceptors (Lipinski definition) is 1. The second-order valence-corrected chi connectivity index (χ2v) is 4.77. The molecule has 0 radical (unpaired) electrons. The van der Waals surface area contributed by atoms with E-state index in [1.807, 2.05) is 0 Å². The minimum atomic E-state index is -3.76. The standard InChI is InChI=1S/C4H2F6I2O/c5-1(6)3(9,11)13-4(10,12)2(7)8/h1-2H. The zero-order valence-electron chi connectivity index (χ0n) is 5.59. The molecule has 0 aromatic heterocycles. The predicted octanol–water partition coefficient (Wildman–Crippen LogP) is 3.65. The van der Waals surface area contributed by atoms with Crippen LogP contribution in [-0.4, -0.2) is 20.6 Å². The van der Waals surface area contributed by atoms with Crippen molar-refractivity contribution in [3.05, 3.63) is 0 Å². The van der Waals surface area contributed by atoms with E-state index in [2.05, 4.69) is 4.74 Å². The minimum Gasteiger partial charge on any atom is -0.283 e. The van der Waals surface area contributed by atoms with Gasteiger partial charge in [-0.3, -0.25) is 4.74 Å². The van der Waals surface area contributed by atoms with Crippen LogP contribution in [0.3, 0.4) is 0 Å². The average molecular weight is 434 g/mol. The normalized spacial score (nSPS) is 21.7. The third-order valence-electron chi connectivity index (χ3n) is 0.780. The Morgan fingerprint density at radius 2 is 1.08 bits per heavy atom. The van der Waals surface area contributed by atoms with Crippen molar-refractivity contribution in [1.82, 2.24) is 0 Å². The van der Waals surface area contributed by atoms with Gasteiger partial charge in [0.05, 0.1) is 0 Å². The van der Waals surface area contributed by atoms with Gasteiger partial charge in [0.2, 0.25) is 0 Å². The number of ether oxygens (including phenoxy) is 1. The lowest BCUT2D eigenvalue weighted by atomic mass is 10.6. The average Bonchev–Trinajstić information content (AvgIpc) is 1.83. The summed E-state index contributed by atoms with van der Waals surface area (Å²) in [7, 11) is 0. The molecule has 0 aromatic rings. The van der Waals surface area contributed by atoms with Gasteiger partial charge in [-0.05, 0) is 45.2 Å². The van der Waals surface area contributed by atoms with Crippen LogP contribution in [0.5, 0.6) is 0 Å². The van der Waals surface area contributed by atoms with E-state index >= 15 is 0 Å². The Morgan fingerprint density at radius 3 is 1.23 bits per heavy atom. The highest BCUT2D eigenvalue weighted by Crippen LogP contribution is 2.41. The summed E-state index contributed by atoms with van der Waals surface area (Å²) in [4.78, 5) is 0. The molecule has 2 unspecified atom stereocenters. The molecule has 0 aliphatic carbocycles. The van der Waals surface area contributed by atoms with Gasteiger partial charge < -0.3 is 0 Å². The van der Waals surface area contributed by atoms with Gasteiger partial charge in [-0.25, -0.2) is 17.6 Å². The molecule has 80 valence electrons. The van der Waals surface area contributed by atoms with Crippen LogP contribution in [0.25, 0.3) is 0 Å². The van der Waals surface area contributed by atoms with Crippen molar-refractivity contribution in [2.24, 2.45) is 0 Å². The van der Waals surface area contributed by atoms with Crippen LogP contribution >= 0.6 is 45.2 Å². The lowest BCUT2D eigenvalue weighted by Crippen LogP contribution is -2.40. The topological polar surface area (TPSA) is 9.23 Å². The Kier molecular flexibility index (Phi) is 5.04. The minimum absolute atomic E-state index is 0.407. The van der Waals surface area contributed by atoms with Crippen molar-refractivity contribution in [1.29, 1.82) is 0 Å². The lowest BCUT2D eigenvalue weighted by molar-refractivity contribution is -0.245. The molecule has 0 aliphatic rings. The molecule has 0 fully saturated rings. The fraction of sp³-hybridized carbons (Fsp3) is 1.00. The molecule has 0 aromatic carbocycles. The van der Waals surface area contributed by atoms with Gasteiger partial charge >= 0.3 is 20.6 Å². The molecule has 13 heavy (non-hydrogen) atoms. The van der Waals surface area contributed by atoms with E-state index in [1.54, 1.807) is 0 Å². The fourth-order valence-corrected chi connectivity index (χ4v) is 1.33. The van der Waals surface area contributed by atoms with E-state index in [-0.39, 0.29) is 0 Å². The lowest BCUT2D eigenvalue weighted by Gasteiger charge is -2.25. The first-order valence-corrected chi connectivity index (χ1v) is 4.77. The molecular weight excluding hydrogens is 432 g/mol. The second-order valence-electron chi connectivity index (χ2n) is 1.83. The van der Waals surface area contributed by atoms with Crippen LogP contribution in [0, 0.1) is 0 Å². The largest absolute Gasteiger partial charge is 0.324 e. The molecular formula is C4H2F6I2O. The number of halogens is 8. The summed E-state index contributed by atoms with van der Waals surface area (Å²) in [5.41, 5.74) is 0. The molecule has 0 N–H and O–H groups in total. The van der Waals surface area contributed by atoms with Gasteiger partial charge in [0.1, 0.15) is 0 Å². The first-order valence-electron chi connectivity index (χ1n) is 2.61. The molecule has 0 saturated carbocycles. The van der Waals surface area contributed by atoms with E-state index in [0.29, 0.717) is 45.2 Å². The zero-order valence-corrected chi connectivity index (χ0v) is 9.90. The van der Waals surface area contributed by atoms with Gasteiger partial charge in [-0.2, -0.15) is 8.78 Å². The zero-order chi connectivity index (χ0) is 10.9. The van der Waals surface area contributed by atoms with E-state index in [1.165, 1.54) is 0 Å². The Morgan fingerprint density at radius 1 is 0.846 bits per heavy atom. The van der Waals surface area contributed by atoms with Crippen molar-refractivity contribution in [3.63, 3.8) is 0 Å². The smallest absolute Gasteiger partial charge is 0.283 e. The van der Waals surface area contributed by atoms with Crippen molar-refractivity contribution in [3.8, 4) is 0 Å². The van der Waals surface area contributed by atoms with Crippen LogP contribution in [0.15, 0.2) is 0 Å². The summed E-state index contributed by atoms with van der Waals surface area (Å²) in [6.07, 6.45) is -7.42. The summed E-state index contributed by atoms with van der Waals surface area (Å²) >= 11 is 0.814. The Labute approximate surface area is 96.5 Å². The van der Waals surface area contributed by atoms with Crippen molar-refractivity contribution in [2.75, 3.05) is 0 Å². The van der Waals surface area contributed by atoms with E-state index in [9.17, 15) is 26.3 Å². The van der Waals surface area contributed by atoms with Crippen LogP contribution < -0.4 is 0 Å². The summed E-state index contributed by atoms with van der Waals surface area (Å²) in [6.45, 7) is 0. The maximum absolute atomic E-state index is 12.5. The van der Waals surface area contributed by atoms with Gasteiger partial charge in [0.25, 0.3) is 0 Å². The number of hydrogen-bond donors (Lipinski definition) is 0. The predicted molar refractivity (Wildman–Crippen MR) is 48.8 cm³/mol. The van der Waals surface area contributed by atoms with Crippen LogP contribution in [0.4, 0.5) is 26.3 Å². The van der Waals surface area contributed by atoms with Crippen LogP contribution in [0.2, 0.25) is 0 Å². The summed E-state index contributed by atoms with van der Waals surface area (Å²) < 4.78 is 67.5. The van der Waals surface area contributed by atoms with Gasteiger partial charge in [-0.15, -0.1) is 0 Å². The summed E-state index contributed by atoms with van der Waals surface area (Å²) in [6, 6.07) is 0. The molecule has 9 heteroatoms. The van der Waals surface area contributed by atoms with E-state index in [0.717, 1.165) is 0 Å². The second kappa shape index (κ2) is 4.68. The highest BCUT2D eigenvalue weighted by Gasteiger charge is 2.51. The third kappa shape index (κ3) is 4.36. The van der Waals surface area contributed by atoms with Crippen molar-refractivity contribution in [2.45, 2.75) is 20.6 Å². The maximum atomic E-state index is 12.5. The van der Waals surface area contributed by atoms with Crippen LogP contribution in [-0.2, 0) is 4.74 Å². The molecule has 0 aliphatic heterocycles. The van der Waals surface area contributed by atoms with E-state index in [4.69, 9.17) is 0 Å². The highest BCUT2D eigenvalue weighted by atomic mass is 127. The molecule has 0 heterocycles. The van der Waals surface area contributed by atoms with Crippen molar-refractivity contribution < 1.29 is 31.1 Å². The van der Waals surface area contributed by atoms with Crippen LogP contribution in [0.1, 0.15) is 0 Å². The summed E-state index contributed by atoms with van der Waals surface area (Å²) in [5, 5.41) is 0.